The van der Waals surface area contributed by atoms with E-state index in [-0.39, 0.29) is 18.1 Å². The van der Waals surface area contributed by atoms with Gasteiger partial charge in [-0.3, -0.25) is 9.69 Å². The lowest BCUT2D eigenvalue weighted by Gasteiger charge is -2.39. The molecule has 2 saturated heterocycles. The van der Waals surface area contributed by atoms with Gasteiger partial charge in [0, 0.05) is 45.8 Å². The summed E-state index contributed by atoms with van der Waals surface area (Å²) in [6.07, 6.45) is 2.46. The lowest BCUT2D eigenvalue weighted by atomic mass is 10.2. The number of benzene rings is 1. The van der Waals surface area contributed by atoms with E-state index in [1.807, 2.05) is 30.9 Å². The van der Waals surface area contributed by atoms with Gasteiger partial charge in [0.2, 0.25) is 5.91 Å². The Hall–Kier alpha value is -2.28. The van der Waals surface area contributed by atoms with Crippen molar-refractivity contribution in [3.8, 4) is 5.75 Å². The number of ether oxygens (including phenoxy) is 1. The van der Waals surface area contributed by atoms with Crippen molar-refractivity contribution in [2.45, 2.75) is 59.2 Å². The largest absolute Gasteiger partial charge is 0.491 e. The quantitative estimate of drug-likeness (QED) is 0.533. The number of carbonyl (C=O) groups is 1. The molecular weight excluding hydrogens is 390 g/mol. The van der Waals surface area contributed by atoms with E-state index in [1.165, 1.54) is 0 Å². The van der Waals surface area contributed by atoms with E-state index in [2.05, 4.69) is 41.1 Å². The van der Waals surface area contributed by atoms with E-state index in [1.54, 1.807) is 0 Å². The SMILES string of the molecule is CCNC(=NCc1ccc(OC(C)C)cc1)N1CCN(C(C)C(=O)N2CCCC2)CC1. The molecule has 7 heteroatoms. The highest BCUT2D eigenvalue weighted by Crippen LogP contribution is 2.16. The number of aliphatic imine (C=N–C) groups is 1. The summed E-state index contributed by atoms with van der Waals surface area (Å²) in [7, 11) is 0. The average molecular weight is 430 g/mol. The van der Waals surface area contributed by atoms with Crippen LogP contribution in [0.4, 0.5) is 0 Å². The number of rotatable bonds is 7. The van der Waals surface area contributed by atoms with Crippen LogP contribution in [0.1, 0.15) is 46.1 Å². The number of nitrogens with one attached hydrogen (secondary N) is 1. The third kappa shape index (κ3) is 6.60. The van der Waals surface area contributed by atoms with Gasteiger partial charge in [-0.25, -0.2) is 4.99 Å². The highest BCUT2D eigenvalue weighted by molar-refractivity contribution is 5.82. The van der Waals surface area contributed by atoms with E-state index in [4.69, 9.17) is 9.73 Å². The molecule has 2 aliphatic rings. The van der Waals surface area contributed by atoms with Gasteiger partial charge in [0.1, 0.15) is 5.75 Å². The van der Waals surface area contributed by atoms with Crippen LogP contribution in [-0.2, 0) is 11.3 Å². The highest BCUT2D eigenvalue weighted by Gasteiger charge is 2.30. The second-order valence-corrected chi connectivity index (χ2v) is 8.71. The van der Waals surface area contributed by atoms with Crippen LogP contribution in [0.3, 0.4) is 0 Å². The first-order valence-electron chi connectivity index (χ1n) is 11.8. The summed E-state index contributed by atoms with van der Waals surface area (Å²) in [4.78, 5) is 24.2. The van der Waals surface area contributed by atoms with Gasteiger partial charge in [-0.15, -0.1) is 0 Å². The fourth-order valence-corrected chi connectivity index (χ4v) is 4.22. The topological polar surface area (TPSA) is 60.4 Å². The Morgan fingerprint density at radius 1 is 1.00 bits per heavy atom. The van der Waals surface area contributed by atoms with Crippen molar-refractivity contribution in [1.82, 2.24) is 20.0 Å². The van der Waals surface area contributed by atoms with Crippen LogP contribution in [0, 0.1) is 0 Å². The van der Waals surface area contributed by atoms with E-state index in [9.17, 15) is 4.79 Å². The molecular formula is C24H39N5O2. The third-order valence-corrected chi connectivity index (χ3v) is 5.98. The number of carbonyl (C=O) groups excluding carboxylic acids is 1. The Balaban J connectivity index is 1.54. The average Bonchev–Trinajstić information content (AvgIpc) is 3.31. The molecule has 2 aliphatic heterocycles. The van der Waals surface area contributed by atoms with Gasteiger partial charge in [-0.05, 0) is 58.2 Å². The molecule has 1 aromatic rings. The van der Waals surface area contributed by atoms with E-state index < -0.39 is 0 Å². The number of nitrogens with zero attached hydrogens (tertiary/aromatic N) is 4. The number of hydrogen-bond donors (Lipinski definition) is 1. The molecule has 2 heterocycles. The van der Waals surface area contributed by atoms with Crippen LogP contribution in [0.25, 0.3) is 0 Å². The zero-order valence-electron chi connectivity index (χ0n) is 19.6. The van der Waals surface area contributed by atoms with Crippen molar-refractivity contribution in [2.75, 3.05) is 45.8 Å². The normalized spacial score (nSPS) is 19.1. The molecule has 1 atom stereocenters. The summed E-state index contributed by atoms with van der Waals surface area (Å²) in [5.41, 5.74) is 1.16. The monoisotopic (exact) mass is 429 g/mol. The van der Waals surface area contributed by atoms with Gasteiger partial charge < -0.3 is 19.9 Å². The van der Waals surface area contributed by atoms with Crippen molar-refractivity contribution < 1.29 is 9.53 Å². The molecule has 0 bridgehead atoms. The molecule has 1 unspecified atom stereocenters. The van der Waals surface area contributed by atoms with Crippen LogP contribution in [0.5, 0.6) is 5.75 Å². The third-order valence-electron chi connectivity index (χ3n) is 5.98. The second-order valence-electron chi connectivity index (χ2n) is 8.71. The van der Waals surface area contributed by atoms with Crippen LogP contribution in [0.15, 0.2) is 29.3 Å². The Morgan fingerprint density at radius 3 is 2.23 bits per heavy atom. The van der Waals surface area contributed by atoms with Gasteiger partial charge >= 0.3 is 0 Å². The van der Waals surface area contributed by atoms with E-state index in [0.29, 0.717) is 6.54 Å². The van der Waals surface area contributed by atoms with Crippen molar-refractivity contribution >= 4 is 11.9 Å². The maximum absolute atomic E-state index is 12.7. The van der Waals surface area contributed by atoms with Crippen molar-refractivity contribution in [3.05, 3.63) is 29.8 Å². The highest BCUT2D eigenvalue weighted by atomic mass is 16.5. The molecule has 0 aromatic heterocycles. The van der Waals surface area contributed by atoms with Gasteiger partial charge in [0.15, 0.2) is 5.96 Å². The summed E-state index contributed by atoms with van der Waals surface area (Å²) >= 11 is 0. The smallest absolute Gasteiger partial charge is 0.239 e. The number of amides is 1. The molecule has 2 fully saturated rings. The minimum atomic E-state index is -0.0358. The fraction of sp³-hybridized carbons (Fsp3) is 0.667. The molecule has 0 spiro atoms. The van der Waals surface area contributed by atoms with Crippen molar-refractivity contribution in [3.63, 3.8) is 0 Å². The Kier molecular flexibility index (Phi) is 8.58. The summed E-state index contributed by atoms with van der Waals surface area (Å²) in [5.74, 6) is 2.13. The number of hydrogen-bond acceptors (Lipinski definition) is 4. The first-order valence-corrected chi connectivity index (χ1v) is 11.8. The first kappa shape index (κ1) is 23.4. The zero-order chi connectivity index (χ0) is 22.2. The van der Waals surface area contributed by atoms with E-state index in [0.717, 1.165) is 75.9 Å². The van der Waals surface area contributed by atoms with Crippen LogP contribution in [0.2, 0.25) is 0 Å². The number of guanidine groups is 1. The van der Waals surface area contributed by atoms with Crippen molar-refractivity contribution in [2.24, 2.45) is 4.99 Å². The molecule has 0 radical (unpaired) electrons. The minimum absolute atomic E-state index is 0.0358. The number of piperazine rings is 1. The Bertz CT molecular complexity index is 720. The van der Waals surface area contributed by atoms with Crippen LogP contribution < -0.4 is 10.1 Å². The van der Waals surface area contributed by atoms with Crippen LogP contribution >= 0.6 is 0 Å². The van der Waals surface area contributed by atoms with Crippen molar-refractivity contribution in [1.29, 1.82) is 0 Å². The lowest BCUT2D eigenvalue weighted by molar-refractivity contribution is -0.135. The predicted octanol–water partition coefficient (Wildman–Crippen LogP) is 2.57. The summed E-state index contributed by atoms with van der Waals surface area (Å²) in [6.45, 7) is 15.1. The fourth-order valence-electron chi connectivity index (χ4n) is 4.22. The lowest BCUT2D eigenvalue weighted by Crippen LogP contribution is -2.57. The first-order chi connectivity index (χ1) is 15.0. The summed E-state index contributed by atoms with van der Waals surface area (Å²) in [6, 6.07) is 8.14. The Morgan fingerprint density at radius 2 is 1.65 bits per heavy atom. The summed E-state index contributed by atoms with van der Waals surface area (Å²) < 4.78 is 5.72. The standard InChI is InChI=1S/C24H39N5O2/c1-5-25-24(26-18-21-8-10-22(11-9-21)31-19(2)3)29-16-14-27(15-17-29)20(4)23(30)28-12-6-7-13-28/h8-11,19-20H,5-7,12-18H2,1-4H3,(H,25,26). The minimum Gasteiger partial charge on any atom is -0.491 e. The van der Waals surface area contributed by atoms with E-state index >= 15 is 0 Å². The molecule has 1 N–H and O–H groups in total. The van der Waals surface area contributed by atoms with Gasteiger partial charge in [0.25, 0.3) is 0 Å². The molecule has 3 rings (SSSR count). The predicted molar refractivity (Wildman–Crippen MR) is 125 cm³/mol. The second kappa shape index (κ2) is 11.4. The maximum atomic E-state index is 12.7. The molecule has 0 saturated carbocycles. The molecule has 31 heavy (non-hydrogen) atoms. The van der Waals surface area contributed by atoms with Gasteiger partial charge in [0.05, 0.1) is 18.7 Å². The molecule has 7 nitrogen and oxygen atoms in total. The maximum Gasteiger partial charge on any atom is 0.239 e. The molecule has 1 aromatic carbocycles. The van der Waals surface area contributed by atoms with Crippen LogP contribution in [-0.4, -0.2) is 84.5 Å². The molecule has 0 aliphatic carbocycles. The zero-order valence-corrected chi connectivity index (χ0v) is 19.6. The summed E-state index contributed by atoms with van der Waals surface area (Å²) in [5, 5.41) is 3.43. The van der Waals surface area contributed by atoms with Gasteiger partial charge in [-0.2, -0.15) is 0 Å². The molecule has 1 amide bonds. The Labute approximate surface area is 187 Å². The molecule has 172 valence electrons. The number of likely N-dealkylation sites (tertiary alicyclic amines) is 1. The van der Waals surface area contributed by atoms with Gasteiger partial charge in [-0.1, -0.05) is 12.1 Å².